The molecular weight excluding hydrogens is 348 g/mol. The summed E-state index contributed by atoms with van der Waals surface area (Å²) in [5.41, 5.74) is 1.14. The fraction of sp³-hybridized carbons (Fsp3) is 0.350. The molecule has 0 aliphatic carbocycles. The summed E-state index contributed by atoms with van der Waals surface area (Å²) >= 11 is 0. The molecule has 0 atom stereocenters. The highest BCUT2D eigenvalue weighted by molar-refractivity contribution is 5.89. The zero-order valence-electron chi connectivity index (χ0n) is 15.5. The summed E-state index contributed by atoms with van der Waals surface area (Å²) in [4.78, 5) is 26.2. The van der Waals surface area contributed by atoms with E-state index >= 15 is 0 Å². The summed E-state index contributed by atoms with van der Waals surface area (Å²) in [6.07, 6.45) is 1.54. The number of nitrogens with zero attached hydrogens (tertiary/aromatic N) is 1. The van der Waals surface area contributed by atoms with E-state index in [-0.39, 0.29) is 11.3 Å². The molecule has 2 rings (SSSR count). The number of nitro groups is 1. The quantitative estimate of drug-likeness (QED) is 0.301. The van der Waals surface area contributed by atoms with Gasteiger partial charge in [-0.05, 0) is 49.0 Å². The van der Waals surface area contributed by atoms with Crippen molar-refractivity contribution in [2.75, 3.05) is 13.1 Å². The minimum Gasteiger partial charge on any atom is -0.316 e. The van der Waals surface area contributed by atoms with Crippen LogP contribution in [0, 0.1) is 10.1 Å². The molecule has 27 heavy (non-hydrogen) atoms. The second kappa shape index (κ2) is 9.25. The Hall–Kier alpha value is -2.77. The van der Waals surface area contributed by atoms with Gasteiger partial charge in [0.25, 0.3) is 5.69 Å². The van der Waals surface area contributed by atoms with Gasteiger partial charge in [0.05, 0.1) is 10.5 Å². The normalized spacial score (nSPS) is 11.2. The molecule has 2 N–H and O–H groups in total. The Morgan fingerprint density at radius 1 is 1.19 bits per heavy atom. The number of nitrogens with one attached hydrogen (secondary N) is 1. The molecule has 0 aliphatic rings. The lowest BCUT2D eigenvalue weighted by atomic mass is 9.80. The molecule has 7 heteroatoms. The predicted octanol–water partition coefficient (Wildman–Crippen LogP) is 3.72. The van der Waals surface area contributed by atoms with Gasteiger partial charge in [0.2, 0.25) is 0 Å². The summed E-state index contributed by atoms with van der Waals surface area (Å²) in [5, 5.41) is 23.3. The second-order valence-corrected chi connectivity index (χ2v) is 6.99. The Morgan fingerprint density at radius 3 is 2.52 bits per heavy atom. The predicted molar refractivity (Wildman–Crippen MR) is 102 cm³/mol. The fourth-order valence-corrected chi connectivity index (χ4v) is 2.95. The molecule has 0 saturated carbocycles. The molecule has 7 nitrogen and oxygen atoms in total. The third-order valence-electron chi connectivity index (χ3n) is 4.60. The van der Waals surface area contributed by atoms with Crippen molar-refractivity contribution in [1.29, 1.82) is 0 Å². The molecule has 0 spiro atoms. The molecule has 0 radical (unpaired) electrons. The Kier molecular flexibility index (Phi) is 7.04. The third-order valence-corrected chi connectivity index (χ3v) is 4.60. The van der Waals surface area contributed by atoms with Gasteiger partial charge < -0.3 is 5.32 Å². The number of nitro benzene ring substituents is 1. The van der Waals surface area contributed by atoms with Crippen LogP contribution in [-0.2, 0) is 16.7 Å². The number of carbonyl (C=O) groups is 1. The van der Waals surface area contributed by atoms with E-state index < -0.39 is 16.3 Å². The summed E-state index contributed by atoms with van der Waals surface area (Å²) in [7, 11) is 0. The number of hydrogen-bond acceptors (Lipinski definition) is 6. The van der Waals surface area contributed by atoms with Gasteiger partial charge >= 0.3 is 5.97 Å². The molecule has 0 fully saturated rings. The van der Waals surface area contributed by atoms with Crippen LogP contribution in [-0.4, -0.2) is 29.2 Å². The van der Waals surface area contributed by atoms with E-state index in [2.05, 4.69) is 22.3 Å². The average Bonchev–Trinajstić information content (AvgIpc) is 2.67. The largest absolute Gasteiger partial charge is 0.372 e. The average molecular weight is 372 g/mol. The van der Waals surface area contributed by atoms with Gasteiger partial charge in [-0.25, -0.2) is 4.79 Å². The van der Waals surface area contributed by atoms with Crippen LogP contribution in [0.15, 0.2) is 48.5 Å². The maximum atomic E-state index is 11.6. The van der Waals surface area contributed by atoms with E-state index in [1.54, 1.807) is 0 Å². The minimum absolute atomic E-state index is 0.0567. The summed E-state index contributed by atoms with van der Waals surface area (Å²) in [6, 6.07) is 14.1. The van der Waals surface area contributed by atoms with E-state index in [0.29, 0.717) is 18.5 Å². The second-order valence-electron chi connectivity index (χ2n) is 6.99. The Bertz CT molecular complexity index is 790. The van der Waals surface area contributed by atoms with Gasteiger partial charge in [0.1, 0.15) is 0 Å². The monoisotopic (exact) mass is 372 g/mol. The van der Waals surface area contributed by atoms with Gasteiger partial charge in [0, 0.05) is 11.6 Å². The van der Waals surface area contributed by atoms with E-state index in [9.17, 15) is 14.9 Å². The first-order valence-electron chi connectivity index (χ1n) is 8.74. The first-order valence-corrected chi connectivity index (χ1v) is 8.74. The molecular formula is C20H24N2O5. The number of rotatable bonds is 9. The van der Waals surface area contributed by atoms with E-state index in [4.69, 9.17) is 5.26 Å². The van der Waals surface area contributed by atoms with Crippen LogP contribution in [0.2, 0.25) is 0 Å². The summed E-state index contributed by atoms with van der Waals surface area (Å²) in [6.45, 7) is 5.26. The first-order chi connectivity index (χ1) is 12.8. The number of carbonyl (C=O) groups excluding carboxylic acids is 1. The van der Waals surface area contributed by atoms with Gasteiger partial charge in [-0.3, -0.25) is 15.0 Å². The molecule has 144 valence electrons. The molecule has 2 aromatic carbocycles. The van der Waals surface area contributed by atoms with Crippen LogP contribution < -0.4 is 5.32 Å². The van der Waals surface area contributed by atoms with Gasteiger partial charge in [-0.2, -0.15) is 5.26 Å². The van der Waals surface area contributed by atoms with E-state index in [0.717, 1.165) is 13.0 Å². The molecule has 0 bridgehead atoms. The van der Waals surface area contributed by atoms with Gasteiger partial charge in [-0.1, -0.05) is 44.2 Å². The van der Waals surface area contributed by atoms with Crippen molar-refractivity contribution in [2.45, 2.75) is 32.1 Å². The van der Waals surface area contributed by atoms with Crippen LogP contribution in [0.4, 0.5) is 5.69 Å². The standard InChI is InChI=1S/C20H24N2O5/c1-20(2,11-13-21-12-10-15-6-4-3-5-7-15)17-14-16(19(23)27-26)8-9-18(17)22(24)25/h3-9,14,21,26H,10-13H2,1-2H3. The van der Waals surface area contributed by atoms with Crippen molar-refractivity contribution in [3.8, 4) is 0 Å². The third kappa shape index (κ3) is 5.60. The van der Waals surface area contributed by atoms with E-state index in [1.165, 1.54) is 23.8 Å². The Balaban J connectivity index is 2.03. The molecule has 0 saturated heterocycles. The lowest BCUT2D eigenvalue weighted by Gasteiger charge is -2.25. The maximum Gasteiger partial charge on any atom is 0.372 e. The lowest BCUT2D eigenvalue weighted by molar-refractivity contribution is -0.386. The molecule has 2 aromatic rings. The van der Waals surface area contributed by atoms with Crippen LogP contribution in [0.1, 0.15) is 41.8 Å². The van der Waals surface area contributed by atoms with Crippen molar-refractivity contribution < 1.29 is 19.9 Å². The van der Waals surface area contributed by atoms with Gasteiger partial charge in [0.15, 0.2) is 0 Å². The fourth-order valence-electron chi connectivity index (χ4n) is 2.95. The maximum absolute atomic E-state index is 11.6. The van der Waals surface area contributed by atoms with Crippen LogP contribution in [0.3, 0.4) is 0 Å². The van der Waals surface area contributed by atoms with Crippen molar-refractivity contribution >= 4 is 11.7 Å². The summed E-state index contributed by atoms with van der Waals surface area (Å²) < 4.78 is 0. The highest BCUT2D eigenvalue weighted by atomic mass is 17.1. The zero-order chi connectivity index (χ0) is 19.9. The first kappa shape index (κ1) is 20.5. The lowest BCUT2D eigenvalue weighted by Crippen LogP contribution is -2.27. The van der Waals surface area contributed by atoms with Crippen molar-refractivity contribution in [3.05, 3.63) is 75.3 Å². The molecule has 0 unspecified atom stereocenters. The van der Waals surface area contributed by atoms with E-state index in [1.807, 2.05) is 32.0 Å². The Labute approximate surface area is 158 Å². The van der Waals surface area contributed by atoms with Gasteiger partial charge in [-0.15, -0.1) is 0 Å². The number of hydrogen-bond donors (Lipinski definition) is 2. The van der Waals surface area contributed by atoms with Crippen molar-refractivity contribution in [3.63, 3.8) is 0 Å². The number of benzene rings is 2. The summed E-state index contributed by atoms with van der Waals surface area (Å²) in [5.74, 6) is -0.942. The molecule has 0 heterocycles. The smallest absolute Gasteiger partial charge is 0.316 e. The molecule has 0 aromatic heterocycles. The zero-order valence-corrected chi connectivity index (χ0v) is 15.5. The minimum atomic E-state index is -0.942. The van der Waals surface area contributed by atoms with Crippen molar-refractivity contribution in [1.82, 2.24) is 5.32 Å². The molecule has 0 aliphatic heterocycles. The SMILES string of the molecule is CC(C)(CCNCCc1ccccc1)c1cc(C(=O)OO)ccc1[N+](=O)[O-]. The highest BCUT2D eigenvalue weighted by Crippen LogP contribution is 2.34. The topological polar surface area (TPSA) is 102 Å². The van der Waals surface area contributed by atoms with Crippen LogP contribution in [0.25, 0.3) is 0 Å². The van der Waals surface area contributed by atoms with Crippen molar-refractivity contribution in [2.24, 2.45) is 0 Å². The van der Waals surface area contributed by atoms with Crippen LogP contribution >= 0.6 is 0 Å². The molecule has 0 amide bonds. The Morgan fingerprint density at radius 2 is 1.89 bits per heavy atom. The van der Waals surface area contributed by atoms with Crippen LogP contribution in [0.5, 0.6) is 0 Å². The highest BCUT2D eigenvalue weighted by Gasteiger charge is 2.30.